The van der Waals surface area contributed by atoms with Crippen LogP contribution in [0.4, 0.5) is 0 Å². The van der Waals surface area contributed by atoms with Crippen LogP contribution in [0.25, 0.3) is 0 Å². The molecule has 5 heteroatoms. The van der Waals surface area contributed by atoms with Crippen LogP contribution in [0, 0.1) is 5.92 Å². The Bertz CT molecular complexity index is 715. The summed E-state index contributed by atoms with van der Waals surface area (Å²) >= 11 is 0. The molecule has 0 saturated carbocycles. The molecular weight excluding hydrogens is 377 g/mol. The number of rotatable bonds is 1. The molecule has 1 amide bonds. The minimum Gasteiger partial charge on any atom is -0.389 e. The van der Waals surface area contributed by atoms with Crippen LogP contribution >= 0.6 is 0 Å². The van der Waals surface area contributed by atoms with Crippen molar-refractivity contribution in [2.75, 3.05) is 20.6 Å². The third-order valence-corrected chi connectivity index (χ3v) is 6.56. The number of aliphatic hydroxyl groups is 1. The fourth-order valence-corrected chi connectivity index (χ4v) is 5.26. The van der Waals surface area contributed by atoms with Crippen LogP contribution in [0.5, 0.6) is 0 Å². The molecular formula is C19H25N2O2Y+. The Hall–Kier alpha value is -0.546. The van der Waals surface area contributed by atoms with Gasteiger partial charge < -0.3 is 15.3 Å². The van der Waals surface area contributed by atoms with Gasteiger partial charge in [0.15, 0.2) is 0 Å². The molecule has 24 heavy (non-hydrogen) atoms. The summed E-state index contributed by atoms with van der Waals surface area (Å²) in [7, 11) is 4.63. The first-order valence-electron chi connectivity index (χ1n) is 8.46. The van der Waals surface area contributed by atoms with Crippen LogP contribution in [-0.4, -0.2) is 48.3 Å². The summed E-state index contributed by atoms with van der Waals surface area (Å²) in [4.78, 5) is 11.6. The molecule has 3 aliphatic rings. The van der Waals surface area contributed by atoms with Gasteiger partial charge in [0.2, 0.25) is 5.91 Å². The first-order chi connectivity index (χ1) is 10.8. The van der Waals surface area contributed by atoms with E-state index in [1.54, 1.807) is 0 Å². The average Bonchev–Trinajstić information content (AvgIpc) is 2.50. The molecule has 1 fully saturated rings. The summed E-state index contributed by atoms with van der Waals surface area (Å²) in [6.07, 6.45) is 6.61. The van der Waals surface area contributed by atoms with Gasteiger partial charge in [-0.05, 0) is 29.7 Å². The zero-order chi connectivity index (χ0) is 16.4. The second-order valence-electron chi connectivity index (χ2n) is 8.10. The number of carbonyl (C=O) groups excluding carboxylic acids is 1. The number of nitrogens with two attached hydrogens (primary N) is 1. The maximum absolute atomic E-state index is 11.6. The van der Waals surface area contributed by atoms with Crippen molar-refractivity contribution in [1.29, 1.82) is 0 Å². The van der Waals surface area contributed by atoms with E-state index in [1.807, 2.05) is 18.2 Å². The van der Waals surface area contributed by atoms with Crippen molar-refractivity contribution in [3.8, 4) is 0 Å². The molecule has 0 aromatic heterocycles. The molecule has 125 valence electrons. The average molecular weight is 402 g/mol. The van der Waals surface area contributed by atoms with Gasteiger partial charge in [-0.25, -0.2) is 0 Å². The summed E-state index contributed by atoms with van der Waals surface area (Å²) in [5.41, 5.74) is 8.61. The number of primary amides is 1. The molecule has 4 nitrogen and oxygen atoms in total. The maximum Gasteiger partial charge on any atom is 0.248 e. The third-order valence-electron chi connectivity index (χ3n) is 6.56. The molecule has 1 saturated heterocycles. The van der Waals surface area contributed by atoms with Gasteiger partial charge in [-0.1, -0.05) is 18.2 Å². The molecule has 2 aliphatic carbocycles. The van der Waals surface area contributed by atoms with E-state index in [2.05, 4.69) is 26.2 Å². The number of aliphatic hydroxyl groups excluding tert-OH is 1. The van der Waals surface area contributed by atoms with Crippen molar-refractivity contribution in [2.45, 2.75) is 36.8 Å². The predicted molar refractivity (Wildman–Crippen MR) is 89.0 cm³/mol. The van der Waals surface area contributed by atoms with Crippen LogP contribution in [0.1, 0.15) is 34.3 Å². The Kier molecular flexibility index (Phi) is 4.57. The van der Waals surface area contributed by atoms with E-state index in [1.165, 1.54) is 11.1 Å². The summed E-state index contributed by atoms with van der Waals surface area (Å²) in [6.45, 7) is 1.10. The van der Waals surface area contributed by atoms with E-state index in [4.69, 9.17) is 5.73 Å². The second kappa shape index (κ2) is 6.01. The zero-order valence-corrected chi connectivity index (χ0v) is 17.2. The fourth-order valence-electron chi connectivity index (χ4n) is 5.26. The van der Waals surface area contributed by atoms with Gasteiger partial charge in [0.25, 0.3) is 0 Å². The molecule has 4 atom stereocenters. The van der Waals surface area contributed by atoms with E-state index in [-0.39, 0.29) is 44.0 Å². The van der Waals surface area contributed by atoms with Gasteiger partial charge in [-0.15, -0.1) is 0 Å². The number of likely N-dealkylation sites (N-methyl/N-ethyl adjacent to an activating group) is 1. The van der Waals surface area contributed by atoms with Crippen molar-refractivity contribution < 1.29 is 47.1 Å². The van der Waals surface area contributed by atoms with Crippen molar-refractivity contribution in [2.24, 2.45) is 11.7 Å². The quantitative estimate of drug-likeness (QED) is 0.551. The van der Waals surface area contributed by atoms with Crippen LogP contribution in [-0.2, 0) is 44.5 Å². The summed E-state index contributed by atoms with van der Waals surface area (Å²) < 4.78 is 1.02. The number of nitrogens with zero attached hydrogens (tertiary/aromatic N) is 1. The van der Waals surface area contributed by atoms with Crippen LogP contribution in [0.15, 0.2) is 30.4 Å². The number of hydrogen-bond acceptors (Lipinski definition) is 2. The molecule has 2 bridgehead atoms. The topological polar surface area (TPSA) is 63.3 Å². The number of fused-ring (bicyclic) bond motifs is 1. The molecule has 1 aliphatic heterocycles. The van der Waals surface area contributed by atoms with Gasteiger partial charge in [-0.2, -0.15) is 0 Å². The van der Waals surface area contributed by atoms with Crippen molar-refractivity contribution in [3.05, 3.63) is 47.0 Å². The molecule has 0 spiro atoms. The zero-order valence-electron chi connectivity index (χ0n) is 14.4. The molecule has 2 unspecified atom stereocenters. The maximum atomic E-state index is 11.6. The number of quaternary nitrogens is 1. The van der Waals surface area contributed by atoms with Crippen LogP contribution in [0.3, 0.4) is 0 Å². The first-order valence-corrected chi connectivity index (χ1v) is 8.46. The van der Waals surface area contributed by atoms with Crippen molar-refractivity contribution in [1.82, 2.24) is 0 Å². The van der Waals surface area contributed by atoms with Gasteiger partial charge >= 0.3 is 0 Å². The molecule has 1 heterocycles. The van der Waals surface area contributed by atoms with Gasteiger partial charge in [-0.3, -0.25) is 4.79 Å². The Morgan fingerprint density at radius 3 is 2.79 bits per heavy atom. The normalized spacial score (nSPS) is 35.4. The number of likely N-dealkylation sites (tertiary alicyclic amines) is 1. The summed E-state index contributed by atoms with van der Waals surface area (Å²) in [5.74, 6) is 0.0481. The Morgan fingerprint density at radius 1 is 1.33 bits per heavy atom. The number of piperidine rings is 1. The van der Waals surface area contributed by atoms with E-state index in [9.17, 15) is 9.90 Å². The van der Waals surface area contributed by atoms with Gasteiger partial charge in [0, 0.05) is 62.4 Å². The minimum atomic E-state index is -0.399. The van der Waals surface area contributed by atoms with Crippen molar-refractivity contribution >= 4 is 5.91 Å². The summed E-state index contributed by atoms with van der Waals surface area (Å²) in [6, 6.07) is 6.46. The Labute approximate surface area is 168 Å². The minimum absolute atomic E-state index is 0. The Morgan fingerprint density at radius 2 is 2.08 bits per heavy atom. The molecule has 1 aromatic carbocycles. The van der Waals surface area contributed by atoms with Crippen LogP contribution < -0.4 is 5.73 Å². The first kappa shape index (κ1) is 18.3. The second-order valence-corrected chi connectivity index (χ2v) is 8.10. The SMILES string of the molecule is C[N+]1(C)CC[C@]23CC(O)C=CC2[C@H]1Cc1ccc(C(N)=O)cc13.[Y]. The molecule has 1 aromatic rings. The smallest absolute Gasteiger partial charge is 0.248 e. The fraction of sp³-hybridized carbons (Fsp3) is 0.526. The Balaban J connectivity index is 0.00000169. The monoisotopic (exact) mass is 402 g/mol. The van der Waals surface area contributed by atoms with E-state index >= 15 is 0 Å². The molecule has 3 N–H and O–H groups in total. The molecule has 1 radical (unpaired) electrons. The van der Waals surface area contributed by atoms with E-state index < -0.39 is 6.10 Å². The van der Waals surface area contributed by atoms with Gasteiger partial charge in [0.05, 0.1) is 32.8 Å². The number of benzene rings is 1. The van der Waals surface area contributed by atoms with Crippen LogP contribution in [0.2, 0.25) is 0 Å². The largest absolute Gasteiger partial charge is 0.389 e. The standard InChI is InChI=1S/C19H24N2O2.Y/c1-21(2)8-7-19-11-14(22)5-6-15(19)17(21)10-12-3-4-13(18(20)23)9-16(12)19;/h3-6,9,14-15,17,22H,7-8,10-11H2,1-2H3,(H-,20,23);/p+1/t14?,15?,17-,19+;/m1./s1. The summed E-state index contributed by atoms with van der Waals surface area (Å²) in [5, 5.41) is 10.3. The number of hydrogen-bond donors (Lipinski definition) is 2. The number of carbonyl (C=O) groups is 1. The molecule has 4 rings (SSSR count). The van der Waals surface area contributed by atoms with E-state index in [0.717, 1.165) is 30.3 Å². The van der Waals surface area contributed by atoms with E-state index in [0.29, 0.717) is 17.5 Å². The predicted octanol–water partition coefficient (Wildman–Crippen LogP) is 1.36. The van der Waals surface area contributed by atoms with Crippen molar-refractivity contribution in [3.63, 3.8) is 0 Å². The number of amides is 1. The third kappa shape index (κ3) is 2.54. The van der Waals surface area contributed by atoms with Gasteiger partial charge in [0.1, 0.15) is 0 Å².